The van der Waals surface area contributed by atoms with E-state index in [1.54, 1.807) is 20.2 Å². The molecule has 2 heterocycles. The quantitative estimate of drug-likeness (QED) is 0.836. The van der Waals surface area contributed by atoms with Crippen molar-refractivity contribution in [1.82, 2.24) is 14.5 Å². The minimum absolute atomic E-state index is 0.181. The molecule has 0 unspecified atom stereocenters. The second kappa shape index (κ2) is 7.65. The van der Waals surface area contributed by atoms with Crippen LogP contribution in [0.25, 0.3) is 0 Å². The van der Waals surface area contributed by atoms with Crippen molar-refractivity contribution in [1.29, 1.82) is 0 Å². The second-order valence-electron chi connectivity index (χ2n) is 6.18. The lowest BCUT2D eigenvalue weighted by Crippen LogP contribution is -2.50. The number of ether oxygens (including phenoxy) is 2. The Labute approximate surface area is 148 Å². The van der Waals surface area contributed by atoms with Gasteiger partial charge in [0.15, 0.2) is 5.03 Å². The van der Waals surface area contributed by atoms with Gasteiger partial charge in [0.2, 0.25) is 0 Å². The molecular formula is C17H23N3O4S. The number of benzene rings is 1. The van der Waals surface area contributed by atoms with Crippen LogP contribution in [-0.4, -0.2) is 43.6 Å². The van der Waals surface area contributed by atoms with Crippen molar-refractivity contribution in [3.05, 3.63) is 47.7 Å². The highest BCUT2D eigenvalue weighted by molar-refractivity contribution is 7.89. The smallest absolute Gasteiger partial charge is 0.258 e. The Hall–Kier alpha value is -1.74. The number of aryl methyl sites for hydroxylation is 2. The van der Waals surface area contributed by atoms with Crippen LogP contribution >= 0.6 is 0 Å². The molecule has 0 bridgehead atoms. The molecule has 1 aliphatic heterocycles. The number of sulfonamides is 1. The third-order valence-electron chi connectivity index (χ3n) is 4.23. The lowest BCUT2D eigenvalue weighted by atomic mass is 10.1. The molecule has 1 aliphatic rings. The molecule has 1 aromatic heterocycles. The van der Waals surface area contributed by atoms with E-state index in [1.807, 2.05) is 30.3 Å². The van der Waals surface area contributed by atoms with Gasteiger partial charge >= 0.3 is 0 Å². The van der Waals surface area contributed by atoms with Crippen LogP contribution in [0.5, 0.6) is 0 Å². The van der Waals surface area contributed by atoms with Gasteiger partial charge in [-0.05, 0) is 18.9 Å². The molecule has 2 aromatic rings. The Morgan fingerprint density at radius 1 is 1.36 bits per heavy atom. The van der Waals surface area contributed by atoms with E-state index in [0.29, 0.717) is 31.8 Å². The lowest BCUT2D eigenvalue weighted by Gasteiger charge is -2.32. The Balaban J connectivity index is 1.70. The van der Waals surface area contributed by atoms with Gasteiger partial charge in [0.05, 0.1) is 31.6 Å². The van der Waals surface area contributed by atoms with Crippen molar-refractivity contribution in [2.45, 2.75) is 37.1 Å². The molecule has 7 nitrogen and oxygen atoms in total. The summed E-state index contributed by atoms with van der Waals surface area (Å²) in [4.78, 5) is 0. The topological polar surface area (TPSA) is 82.5 Å². The molecule has 2 atom stereocenters. The molecule has 1 saturated heterocycles. The summed E-state index contributed by atoms with van der Waals surface area (Å²) < 4.78 is 41.1. The molecule has 8 heteroatoms. The molecule has 136 valence electrons. The first kappa shape index (κ1) is 18.1. The van der Waals surface area contributed by atoms with E-state index in [-0.39, 0.29) is 17.2 Å². The molecule has 0 spiro atoms. The van der Waals surface area contributed by atoms with Crippen molar-refractivity contribution in [2.24, 2.45) is 7.05 Å². The Bertz CT molecular complexity index is 785. The van der Waals surface area contributed by atoms with E-state index in [2.05, 4.69) is 9.82 Å². The molecule has 25 heavy (non-hydrogen) atoms. The second-order valence-corrected chi connectivity index (χ2v) is 7.81. The highest BCUT2D eigenvalue weighted by atomic mass is 32.2. The van der Waals surface area contributed by atoms with E-state index < -0.39 is 10.0 Å². The molecule has 0 radical (unpaired) electrons. The Kier molecular flexibility index (Phi) is 5.53. The van der Waals surface area contributed by atoms with Crippen molar-refractivity contribution in [2.75, 3.05) is 13.2 Å². The number of nitrogens with zero attached hydrogens (tertiary/aromatic N) is 2. The van der Waals surface area contributed by atoms with Crippen LogP contribution in [0.1, 0.15) is 17.5 Å². The zero-order valence-corrected chi connectivity index (χ0v) is 15.2. The highest BCUT2D eigenvalue weighted by Gasteiger charge is 2.32. The predicted octanol–water partition coefficient (Wildman–Crippen LogP) is 1.38. The van der Waals surface area contributed by atoms with Crippen LogP contribution in [0.3, 0.4) is 0 Å². The first-order valence-corrected chi connectivity index (χ1v) is 9.70. The van der Waals surface area contributed by atoms with Crippen LogP contribution < -0.4 is 4.72 Å². The molecule has 1 fully saturated rings. The minimum atomic E-state index is -3.68. The normalized spacial score (nSPS) is 21.4. The van der Waals surface area contributed by atoms with E-state index in [1.165, 1.54) is 4.68 Å². The monoisotopic (exact) mass is 365 g/mol. The van der Waals surface area contributed by atoms with Gasteiger partial charge < -0.3 is 9.47 Å². The summed E-state index contributed by atoms with van der Waals surface area (Å²) in [6.45, 7) is 3.01. The Morgan fingerprint density at radius 2 is 2.12 bits per heavy atom. The van der Waals surface area contributed by atoms with Crippen LogP contribution in [0.15, 0.2) is 41.6 Å². The number of rotatable bonds is 6. The zero-order valence-electron chi connectivity index (χ0n) is 14.4. The lowest BCUT2D eigenvalue weighted by molar-refractivity contribution is -0.0711. The van der Waals surface area contributed by atoms with Crippen LogP contribution in [-0.2, 0) is 33.2 Å². The third kappa shape index (κ3) is 4.27. The van der Waals surface area contributed by atoms with E-state index >= 15 is 0 Å². The zero-order chi connectivity index (χ0) is 17.9. The van der Waals surface area contributed by atoms with Gasteiger partial charge in [-0.2, -0.15) is 5.10 Å². The first-order valence-electron chi connectivity index (χ1n) is 8.21. The summed E-state index contributed by atoms with van der Waals surface area (Å²) in [5.41, 5.74) is 1.65. The van der Waals surface area contributed by atoms with Gasteiger partial charge in [-0.3, -0.25) is 4.68 Å². The van der Waals surface area contributed by atoms with E-state index in [9.17, 15) is 8.42 Å². The van der Waals surface area contributed by atoms with E-state index in [4.69, 9.17) is 9.47 Å². The fraction of sp³-hybridized carbons (Fsp3) is 0.471. The van der Waals surface area contributed by atoms with Crippen molar-refractivity contribution < 1.29 is 17.9 Å². The molecule has 1 aromatic carbocycles. The molecular weight excluding hydrogens is 342 g/mol. The number of hydrogen-bond donors (Lipinski definition) is 1. The van der Waals surface area contributed by atoms with Gasteiger partial charge in [0.25, 0.3) is 10.0 Å². The van der Waals surface area contributed by atoms with Crippen LogP contribution in [0.4, 0.5) is 0 Å². The minimum Gasteiger partial charge on any atom is -0.379 e. The number of aromatic nitrogens is 2. The van der Waals surface area contributed by atoms with Gasteiger partial charge in [0, 0.05) is 19.2 Å². The maximum atomic E-state index is 12.8. The van der Waals surface area contributed by atoms with Gasteiger partial charge in [0.1, 0.15) is 0 Å². The Morgan fingerprint density at radius 3 is 2.80 bits per heavy atom. The van der Waals surface area contributed by atoms with Gasteiger partial charge in [-0.1, -0.05) is 30.3 Å². The SMILES string of the molecule is Cc1cnn(C)c1S(=O)(=O)N[C@@H]1CCOC[C@H]1OCc1ccccc1. The van der Waals surface area contributed by atoms with Crippen molar-refractivity contribution in [3.63, 3.8) is 0 Å². The van der Waals surface area contributed by atoms with E-state index in [0.717, 1.165) is 5.56 Å². The first-order chi connectivity index (χ1) is 12.0. The fourth-order valence-corrected chi connectivity index (χ4v) is 4.62. The molecule has 3 rings (SSSR count). The largest absolute Gasteiger partial charge is 0.379 e. The molecule has 0 amide bonds. The summed E-state index contributed by atoms with van der Waals surface area (Å²) >= 11 is 0. The summed E-state index contributed by atoms with van der Waals surface area (Å²) in [7, 11) is -2.06. The summed E-state index contributed by atoms with van der Waals surface area (Å²) in [5, 5.41) is 4.19. The third-order valence-corrected chi connectivity index (χ3v) is 5.94. The summed E-state index contributed by atoms with van der Waals surface area (Å²) in [5.74, 6) is 0. The maximum Gasteiger partial charge on any atom is 0.258 e. The predicted molar refractivity (Wildman–Crippen MR) is 92.5 cm³/mol. The summed E-state index contributed by atoms with van der Waals surface area (Å²) in [6, 6.07) is 9.45. The van der Waals surface area contributed by atoms with Gasteiger partial charge in [-0.15, -0.1) is 0 Å². The van der Waals surface area contributed by atoms with Gasteiger partial charge in [-0.25, -0.2) is 13.1 Å². The number of nitrogens with one attached hydrogen (secondary N) is 1. The summed E-state index contributed by atoms with van der Waals surface area (Å²) in [6.07, 6.45) is 1.77. The fourth-order valence-electron chi connectivity index (χ4n) is 2.97. The average molecular weight is 365 g/mol. The maximum absolute atomic E-state index is 12.8. The van der Waals surface area contributed by atoms with Crippen molar-refractivity contribution in [3.8, 4) is 0 Å². The molecule has 0 aliphatic carbocycles. The van der Waals surface area contributed by atoms with Crippen molar-refractivity contribution >= 4 is 10.0 Å². The molecule has 1 N–H and O–H groups in total. The van der Waals surface area contributed by atoms with Crippen LogP contribution in [0.2, 0.25) is 0 Å². The standard InChI is InChI=1S/C17H23N3O4S/c1-13-10-18-20(2)17(13)25(21,22)19-15-8-9-23-12-16(15)24-11-14-6-4-3-5-7-14/h3-7,10,15-16,19H,8-9,11-12H2,1-2H3/t15-,16-/m1/s1. The highest BCUT2D eigenvalue weighted by Crippen LogP contribution is 2.19. The van der Waals surface area contributed by atoms with Crippen LogP contribution in [0, 0.1) is 6.92 Å². The molecule has 0 saturated carbocycles. The average Bonchev–Trinajstić information content (AvgIpc) is 2.94. The number of hydrogen-bond acceptors (Lipinski definition) is 5.